The SMILES string of the molecule is C=C(C)C=COC(=O)O. The summed E-state index contributed by atoms with van der Waals surface area (Å²) in [6.07, 6.45) is 1.23. The first kappa shape index (κ1) is 7.75. The Kier molecular flexibility index (Phi) is 3.20. The second kappa shape index (κ2) is 3.72. The molecule has 1 N–H and O–H groups in total. The van der Waals surface area contributed by atoms with Crippen LogP contribution in [0.4, 0.5) is 4.79 Å². The van der Waals surface area contributed by atoms with Gasteiger partial charge in [0.15, 0.2) is 0 Å². The third-order valence-electron chi connectivity index (χ3n) is 0.521. The maximum Gasteiger partial charge on any atom is 0.510 e. The zero-order valence-electron chi connectivity index (χ0n) is 5.13. The van der Waals surface area contributed by atoms with E-state index in [9.17, 15) is 4.79 Å². The van der Waals surface area contributed by atoms with Crippen molar-refractivity contribution in [3.63, 3.8) is 0 Å². The molecule has 3 heteroatoms. The molecule has 0 unspecified atom stereocenters. The highest BCUT2D eigenvalue weighted by atomic mass is 16.7. The molecule has 0 aliphatic rings. The average Bonchev–Trinajstić information content (AvgIpc) is 1.63. The lowest BCUT2D eigenvalue weighted by Gasteiger charge is -1.87. The van der Waals surface area contributed by atoms with Gasteiger partial charge in [0.2, 0.25) is 0 Å². The number of hydrogen-bond acceptors (Lipinski definition) is 2. The zero-order valence-corrected chi connectivity index (χ0v) is 5.13. The molecule has 3 nitrogen and oxygen atoms in total. The Bertz CT molecular complexity index is 146. The number of hydrogen-bond donors (Lipinski definition) is 1. The van der Waals surface area contributed by atoms with Crippen molar-refractivity contribution in [2.75, 3.05) is 0 Å². The first-order chi connectivity index (χ1) is 4.13. The lowest BCUT2D eigenvalue weighted by Crippen LogP contribution is -1.91. The highest BCUT2D eigenvalue weighted by Crippen LogP contribution is 1.88. The minimum Gasteiger partial charge on any atom is -0.449 e. The predicted molar refractivity (Wildman–Crippen MR) is 33.1 cm³/mol. The molecule has 0 amide bonds. The molecule has 0 rings (SSSR count). The highest BCUT2D eigenvalue weighted by molar-refractivity contribution is 5.57. The van der Waals surface area contributed by atoms with E-state index in [1.165, 1.54) is 6.08 Å². The van der Waals surface area contributed by atoms with Crippen molar-refractivity contribution in [3.05, 3.63) is 24.5 Å². The van der Waals surface area contributed by atoms with Crippen LogP contribution in [0.15, 0.2) is 24.5 Å². The average molecular weight is 128 g/mol. The van der Waals surface area contributed by atoms with E-state index in [4.69, 9.17) is 5.11 Å². The van der Waals surface area contributed by atoms with Crippen LogP contribution >= 0.6 is 0 Å². The van der Waals surface area contributed by atoms with E-state index in [1.54, 1.807) is 6.92 Å². The van der Waals surface area contributed by atoms with Gasteiger partial charge in [-0.3, -0.25) is 0 Å². The van der Waals surface area contributed by atoms with Crippen molar-refractivity contribution >= 4 is 6.16 Å². The summed E-state index contributed by atoms with van der Waals surface area (Å²) in [5.41, 5.74) is 0.747. The van der Waals surface area contributed by atoms with Crippen LogP contribution in [0, 0.1) is 0 Å². The molecular weight excluding hydrogens is 120 g/mol. The summed E-state index contributed by atoms with van der Waals surface area (Å²) in [6, 6.07) is 0. The van der Waals surface area contributed by atoms with Crippen LogP contribution in [0.2, 0.25) is 0 Å². The third kappa shape index (κ3) is 6.75. The summed E-state index contributed by atoms with van der Waals surface area (Å²) >= 11 is 0. The van der Waals surface area contributed by atoms with Gasteiger partial charge in [-0.25, -0.2) is 4.79 Å². The number of allylic oxidation sites excluding steroid dienone is 2. The smallest absolute Gasteiger partial charge is 0.449 e. The van der Waals surface area contributed by atoms with Gasteiger partial charge in [-0.15, -0.1) is 0 Å². The van der Waals surface area contributed by atoms with Gasteiger partial charge in [-0.1, -0.05) is 12.2 Å². The molecule has 9 heavy (non-hydrogen) atoms. The van der Waals surface area contributed by atoms with Crippen LogP contribution in [0.5, 0.6) is 0 Å². The first-order valence-electron chi connectivity index (χ1n) is 2.34. The Morgan fingerprint density at radius 3 is 2.67 bits per heavy atom. The van der Waals surface area contributed by atoms with Crippen molar-refractivity contribution in [2.24, 2.45) is 0 Å². The summed E-state index contributed by atoms with van der Waals surface area (Å²) in [6.45, 7) is 5.23. The van der Waals surface area contributed by atoms with E-state index in [1.807, 2.05) is 0 Å². The minimum atomic E-state index is -1.31. The molecule has 0 aromatic carbocycles. The fraction of sp³-hybridized carbons (Fsp3) is 0.167. The predicted octanol–water partition coefficient (Wildman–Crippen LogP) is 1.77. The quantitative estimate of drug-likeness (QED) is 0.350. The maximum absolute atomic E-state index is 9.68. The first-order valence-corrected chi connectivity index (χ1v) is 2.34. The van der Waals surface area contributed by atoms with E-state index in [2.05, 4.69) is 11.3 Å². The molecule has 0 fully saturated rings. The molecule has 0 spiro atoms. The van der Waals surface area contributed by atoms with Crippen LogP contribution in [0.3, 0.4) is 0 Å². The van der Waals surface area contributed by atoms with Gasteiger partial charge in [0.25, 0.3) is 0 Å². The Hall–Kier alpha value is -1.25. The summed E-state index contributed by atoms with van der Waals surface area (Å²) in [5.74, 6) is 0. The lowest BCUT2D eigenvalue weighted by molar-refractivity contribution is 0.128. The fourth-order valence-electron chi connectivity index (χ4n) is 0.208. The van der Waals surface area contributed by atoms with E-state index in [0.29, 0.717) is 0 Å². The molecule has 0 atom stereocenters. The van der Waals surface area contributed by atoms with Crippen molar-refractivity contribution < 1.29 is 14.6 Å². The molecule has 0 aliphatic carbocycles. The van der Waals surface area contributed by atoms with E-state index < -0.39 is 6.16 Å². The van der Waals surface area contributed by atoms with Crippen LogP contribution < -0.4 is 0 Å². The second-order valence-corrected chi connectivity index (χ2v) is 1.53. The molecule has 0 aromatic rings. The zero-order chi connectivity index (χ0) is 7.28. The van der Waals surface area contributed by atoms with Gasteiger partial charge in [0.05, 0.1) is 6.26 Å². The molecule has 0 heterocycles. The van der Waals surface area contributed by atoms with Gasteiger partial charge in [0.1, 0.15) is 0 Å². The van der Waals surface area contributed by atoms with Crippen molar-refractivity contribution in [2.45, 2.75) is 6.92 Å². The Morgan fingerprint density at radius 1 is 1.78 bits per heavy atom. The van der Waals surface area contributed by atoms with E-state index >= 15 is 0 Å². The van der Waals surface area contributed by atoms with Crippen LogP contribution in [0.25, 0.3) is 0 Å². The maximum atomic E-state index is 9.68. The van der Waals surface area contributed by atoms with Crippen LogP contribution in [-0.2, 0) is 4.74 Å². The minimum absolute atomic E-state index is 0.747. The molecule has 0 aliphatic heterocycles. The Labute approximate surface area is 53.3 Å². The lowest BCUT2D eigenvalue weighted by atomic mass is 10.4. The van der Waals surface area contributed by atoms with Gasteiger partial charge in [0, 0.05) is 0 Å². The third-order valence-corrected chi connectivity index (χ3v) is 0.521. The van der Waals surface area contributed by atoms with E-state index in [-0.39, 0.29) is 0 Å². The van der Waals surface area contributed by atoms with Gasteiger partial charge >= 0.3 is 6.16 Å². The molecule has 0 bridgehead atoms. The monoisotopic (exact) mass is 128 g/mol. The molecule has 0 aromatic heterocycles. The number of carboxylic acid groups (broad SMARTS) is 1. The van der Waals surface area contributed by atoms with Gasteiger partial charge < -0.3 is 9.84 Å². The summed E-state index contributed by atoms with van der Waals surface area (Å²) in [5, 5.41) is 7.92. The van der Waals surface area contributed by atoms with Gasteiger partial charge in [-0.2, -0.15) is 0 Å². The van der Waals surface area contributed by atoms with Crippen molar-refractivity contribution in [1.29, 1.82) is 0 Å². The van der Waals surface area contributed by atoms with Crippen LogP contribution in [-0.4, -0.2) is 11.3 Å². The van der Waals surface area contributed by atoms with E-state index in [0.717, 1.165) is 11.8 Å². The summed E-state index contributed by atoms with van der Waals surface area (Å²) in [7, 11) is 0. The van der Waals surface area contributed by atoms with Crippen molar-refractivity contribution in [1.82, 2.24) is 0 Å². The summed E-state index contributed by atoms with van der Waals surface area (Å²) in [4.78, 5) is 9.68. The Balaban J connectivity index is 3.48. The van der Waals surface area contributed by atoms with Crippen molar-refractivity contribution in [3.8, 4) is 0 Å². The van der Waals surface area contributed by atoms with Crippen LogP contribution in [0.1, 0.15) is 6.92 Å². The Morgan fingerprint density at radius 2 is 2.33 bits per heavy atom. The number of carbonyl (C=O) groups is 1. The molecule has 0 saturated heterocycles. The number of rotatable bonds is 2. The normalized spacial score (nSPS) is 9.44. The topological polar surface area (TPSA) is 46.5 Å². The number of ether oxygens (including phenoxy) is 1. The van der Waals surface area contributed by atoms with Gasteiger partial charge in [-0.05, 0) is 13.0 Å². The largest absolute Gasteiger partial charge is 0.510 e. The highest BCUT2D eigenvalue weighted by Gasteiger charge is 1.87. The second-order valence-electron chi connectivity index (χ2n) is 1.53. The molecule has 0 saturated carbocycles. The summed E-state index contributed by atoms with van der Waals surface area (Å²) < 4.78 is 4.03. The molecular formula is C6H8O3. The fourth-order valence-corrected chi connectivity index (χ4v) is 0.208. The molecule has 0 radical (unpaired) electrons. The molecule has 50 valence electrons. The standard InChI is InChI=1S/C6H8O3/c1-5(2)3-4-9-6(7)8/h3-4H,1H2,2H3,(H,7,8).